The molecule has 4 rings (SSSR count). The molecule has 3 aromatic rings. The maximum absolute atomic E-state index is 14.6. The van der Waals surface area contributed by atoms with E-state index in [-0.39, 0.29) is 42.0 Å². The number of amides is 1. The monoisotopic (exact) mass is 518 g/mol. The zero-order valence-electron chi connectivity index (χ0n) is 19.5. The molecule has 10 heteroatoms. The van der Waals surface area contributed by atoms with E-state index in [9.17, 15) is 9.18 Å². The Morgan fingerprint density at radius 1 is 1.30 bits per heavy atom. The number of halogens is 3. The lowest BCUT2D eigenvalue weighted by molar-refractivity contribution is 0.0662. The summed E-state index contributed by atoms with van der Waals surface area (Å²) in [6.07, 6.45) is 3.92. The minimum Gasteiger partial charge on any atom is -0.381 e. The highest BCUT2D eigenvalue weighted by Crippen LogP contribution is 2.27. The van der Waals surface area contributed by atoms with E-state index >= 15 is 0 Å². The molecule has 0 radical (unpaired) electrons. The first kappa shape index (κ1) is 27.8. The SMILES string of the molecule is CN(CC(C)(C)C)C(=O)c1cn2c(nc3cc(F)c(CNCC4CCOCC4)cc32)s1.Cl.Cl. The molecule has 0 unspecified atom stereocenters. The predicted octanol–water partition coefficient (Wildman–Crippen LogP) is 5.17. The fourth-order valence-corrected chi connectivity index (χ4v) is 5.13. The summed E-state index contributed by atoms with van der Waals surface area (Å²) in [6, 6.07) is 3.34. The molecule has 0 aliphatic carbocycles. The van der Waals surface area contributed by atoms with Crippen LogP contribution in [0.5, 0.6) is 0 Å². The van der Waals surface area contributed by atoms with Crippen LogP contribution in [0.1, 0.15) is 48.8 Å². The summed E-state index contributed by atoms with van der Waals surface area (Å²) in [6.45, 7) is 9.94. The Morgan fingerprint density at radius 3 is 2.67 bits per heavy atom. The van der Waals surface area contributed by atoms with Gasteiger partial charge in [0.2, 0.25) is 0 Å². The molecular formula is C23H33Cl2FN4O2S. The van der Waals surface area contributed by atoms with Crippen LogP contribution in [-0.4, -0.2) is 53.5 Å². The van der Waals surface area contributed by atoms with Gasteiger partial charge in [-0.15, -0.1) is 24.8 Å². The number of aromatic nitrogens is 2. The molecule has 184 valence electrons. The van der Waals surface area contributed by atoms with Gasteiger partial charge >= 0.3 is 0 Å². The molecular weight excluding hydrogens is 486 g/mol. The van der Waals surface area contributed by atoms with Crippen LogP contribution in [0.4, 0.5) is 4.39 Å². The van der Waals surface area contributed by atoms with Crippen molar-refractivity contribution in [1.29, 1.82) is 0 Å². The first-order valence-corrected chi connectivity index (χ1v) is 11.7. The van der Waals surface area contributed by atoms with Gasteiger partial charge in [-0.1, -0.05) is 32.1 Å². The number of nitrogens with one attached hydrogen (secondary N) is 1. The second-order valence-electron chi connectivity index (χ2n) is 9.70. The molecule has 6 nitrogen and oxygen atoms in total. The van der Waals surface area contributed by atoms with Gasteiger partial charge in [0, 0.05) is 51.2 Å². The third-order valence-corrected chi connectivity index (χ3v) is 6.60. The molecule has 3 heterocycles. The quantitative estimate of drug-likeness (QED) is 0.489. The number of nitrogens with zero attached hydrogens (tertiary/aromatic N) is 3. The van der Waals surface area contributed by atoms with Crippen LogP contribution in [0.2, 0.25) is 0 Å². The maximum atomic E-state index is 14.6. The average Bonchev–Trinajstić information content (AvgIpc) is 3.25. The topological polar surface area (TPSA) is 58.9 Å². The molecule has 1 aromatic carbocycles. The van der Waals surface area contributed by atoms with E-state index < -0.39 is 0 Å². The van der Waals surface area contributed by atoms with E-state index in [1.165, 1.54) is 17.4 Å². The van der Waals surface area contributed by atoms with Crippen molar-refractivity contribution in [2.75, 3.05) is 33.4 Å². The number of rotatable bonds is 6. The molecule has 1 aliphatic rings. The van der Waals surface area contributed by atoms with Gasteiger partial charge in [0.1, 0.15) is 10.7 Å². The van der Waals surface area contributed by atoms with E-state index in [1.807, 2.05) is 23.7 Å². The Bertz CT molecular complexity index is 1090. The number of thiazole rings is 1. The summed E-state index contributed by atoms with van der Waals surface area (Å²) in [7, 11) is 1.83. The largest absolute Gasteiger partial charge is 0.381 e. The molecule has 0 bridgehead atoms. The predicted molar refractivity (Wildman–Crippen MR) is 137 cm³/mol. The highest BCUT2D eigenvalue weighted by Gasteiger charge is 2.22. The number of carbonyl (C=O) groups is 1. The number of hydrogen-bond acceptors (Lipinski definition) is 5. The number of imidazole rings is 1. The van der Waals surface area contributed by atoms with Crippen molar-refractivity contribution in [2.45, 2.75) is 40.2 Å². The number of hydrogen-bond donors (Lipinski definition) is 1. The molecule has 0 spiro atoms. The van der Waals surface area contributed by atoms with Crippen molar-refractivity contribution in [3.05, 3.63) is 34.6 Å². The van der Waals surface area contributed by atoms with Crippen molar-refractivity contribution in [3.8, 4) is 0 Å². The Morgan fingerprint density at radius 2 is 2.00 bits per heavy atom. The van der Waals surface area contributed by atoms with E-state index in [0.29, 0.717) is 39.9 Å². The lowest BCUT2D eigenvalue weighted by Gasteiger charge is -2.26. The summed E-state index contributed by atoms with van der Waals surface area (Å²) in [5.74, 6) is 0.315. The summed E-state index contributed by atoms with van der Waals surface area (Å²) < 4.78 is 21.9. The zero-order chi connectivity index (χ0) is 22.2. The van der Waals surface area contributed by atoms with Gasteiger partial charge in [-0.3, -0.25) is 9.20 Å². The van der Waals surface area contributed by atoms with Gasteiger partial charge in [-0.05, 0) is 36.8 Å². The number of ether oxygens (including phenoxy) is 1. The van der Waals surface area contributed by atoms with Crippen LogP contribution < -0.4 is 5.32 Å². The van der Waals surface area contributed by atoms with Gasteiger partial charge in [0.25, 0.3) is 5.91 Å². The summed E-state index contributed by atoms with van der Waals surface area (Å²) in [5, 5.41) is 3.39. The van der Waals surface area contributed by atoms with Crippen molar-refractivity contribution < 1.29 is 13.9 Å². The van der Waals surface area contributed by atoms with Crippen molar-refractivity contribution >= 4 is 58.1 Å². The highest BCUT2D eigenvalue weighted by atomic mass is 35.5. The number of fused-ring (bicyclic) bond motifs is 3. The zero-order valence-corrected chi connectivity index (χ0v) is 22.0. The molecule has 1 saturated heterocycles. The molecule has 0 saturated carbocycles. The third-order valence-electron chi connectivity index (χ3n) is 5.63. The van der Waals surface area contributed by atoms with Gasteiger partial charge in [0.15, 0.2) is 4.96 Å². The summed E-state index contributed by atoms with van der Waals surface area (Å²) >= 11 is 1.34. The van der Waals surface area contributed by atoms with E-state index in [4.69, 9.17) is 4.74 Å². The highest BCUT2D eigenvalue weighted by molar-refractivity contribution is 7.18. The average molecular weight is 520 g/mol. The van der Waals surface area contributed by atoms with Crippen LogP contribution >= 0.6 is 36.2 Å². The molecule has 1 N–H and O–H groups in total. The molecule has 1 aliphatic heterocycles. The molecule has 2 aromatic heterocycles. The first-order chi connectivity index (χ1) is 14.7. The van der Waals surface area contributed by atoms with Gasteiger partial charge in [-0.25, -0.2) is 9.37 Å². The molecule has 33 heavy (non-hydrogen) atoms. The van der Waals surface area contributed by atoms with Crippen molar-refractivity contribution in [2.24, 2.45) is 11.3 Å². The number of carbonyl (C=O) groups excluding carboxylic acids is 1. The molecule has 0 atom stereocenters. The van der Waals surface area contributed by atoms with E-state index in [2.05, 4.69) is 31.1 Å². The summed E-state index contributed by atoms with van der Waals surface area (Å²) in [5.41, 5.74) is 2.08. The van der Waals surface area contributed by atoms with Crippen molar-refractivity contribution in [1.82, 2.24) is 19.6 Å². The normalized spacial score (nSPS) is 14.8. The van der Waals surface area contributed by atoms with Crippen molar-refractivity contribution in [3.63, 3.8) is 0 Å². The van der Waals surface area contributed by atoms with Gasteiger partial charge in [0.05, 0.1) is 11.0 Å². The lowest BCUT2D eigenvalue weighted by atomic mass is 9.96. The second kappa shape index (κ2) is 11.3. The first-order valence-electron chi connectivity index (χ1n) is 10.9. The van der Waals surface area contributed by atoms with Crippen LogP contribution in [0.3, 0.4) is 0 Å². The Hall–Kier alpha value is -1.45. The summed E-state index contributed by atoms with van der Waals surface area (Å²) in [4.78, 5) is 20.5. The van der Waals surface area contributed by atoms with Crippen LogP contribution in [0.25, 0.3) is 16.0 Å². The smallest absolute Gasteiger partial charge is 0.265 e. The van der Waals surface area contributed by atoms with Crippen LogP contribution in [0, 0.1) is 17.2 Å². The standard InChI is InChI=1S/C23H31FN4O2S.2ClH/c1-23(2,3)14-27(4)21(29)20-13-28-19-9-16(12-25-11-15-5-7-30-8-6-15)17(24)10-18(19)26-22(28)31-20;;/h9-10,13,15,25H,5-8,11-12,14H2,1-4H3;2*1H. The van der Waals surface area contributed by atoms with Gasteiger partial charge in [-0.2, -0.15) is 0 Å². The Balaban J connectivity index is 0.00000193. The molecule has 1 fully saturated rings. The Kier molecular flexibility index (Phi) is 9.53. The van der Waals surface area contributed by atoms with Crippen LogP contribution in [-0.2, 0) is 11.3 Å². The number of benzene rings is 1. The Labute approximate surface area is 210 Å². The lowest BCUT2D eigenvalue weighted by Crippen LogP contribution is -2.34. The van der Waals surface area contributed by atoms with Gasteiger partial charge < -0.3 is 15.0 Å². The minimum atomic E-state index is -0.251. The van der Waals surface area contributed by atoms with Crippen LogP contribution in [0.15, 0.2) is 18.3 Å². The van der Waals surface area contributed by atoms with E-state index in [1.54, 1.807) is 4.90 Å². The molecule has 1 amide bonds. The minimum absolute atomic E-state index is 0. The fourth-order valence-electron chi connectivity index (χ4n) is 4.14. The van der Waals surface area contributed by atoms with E-state index in [0.717, 1.165) is 38.1 Å². The fraction of sp³-hybridized carbons (Fsp3) is 0.565. The third kappa shape index (κ3) is 6.57. The second-order valence-corrected chi connectivity index (χ2v) is 10.7. The maximum Gasteiger partial charge on any atom is 0.265 e.